The Labute approximate surface area is 124 Å². The minimum atomic E-state index is -4.68. The molecule has 0 fully saturated rings. The average molecular weight is 320 g/mol. The topological polar surface area (TPSA) is 56.8 Å². The van der Waals surface area contributed by atoms with Crippen molar-refractivity contribution in [2.45, 2.75) is 37.8 Å². The van der Waals surface area contributed by atoms with Crippen molar-refractivity contribution in [3.8, 4) is 0 Å². The van der Waals surface area contributed by atoms with Gasteiger partial charge in [-0.15, -0.1) is 0 Å². The van der Waals surface area contributed by atoms with Crippen molar-refractivity contribution in [2.24, 2.45) is 4.99 Å². The Morgan fingerprint density at radius 2 is 2.00 bits per heavy atom. The van der Waals surface area contributed by atoms with Gasteiger partial charge in [-0.3, -0.25) is 0 Å². The van der Waals surface area contributed by atoms with E-state index in [9.17, 15) is 17.6 Å². The number of halogens is 4. The SMILES string of the molecule is CO[C@H]1[C@@H](C(F)(F)F)OC(C)=N[C@]1(C)c1cc(N)ccc1F. The van der Waals surface area contributed by atoms with Crippen molar-refractivity contribution < 1.29 is 27.0 Å². The average Bonchev–Trinajstić information content (AvgIpc) is 2.39. The number of aliphatic imine (C=N–C) groups is 1. The number of nitrogens with two attached hydrogens (primary N) is 1. The first-order valence-electron chi connectivity index (χ1n) is 6.47. The molecule has 0 unspecified atom stereocenters. The maximum Gasteiger partial charge on any atom is 0.428 e. The summed E-state index contributed by atoms with van der Waals surface area (Å²) in [5.41, 5.74) is 4.16. The fourth-order valence-corrected chi connectivity index (χ4v) is 2.69. The fourth-order valence-electron chi connectivity index (χ4n) is 2.69. The molecule has 22 heavy (non-hydrogen) atoms. The van der Waals surface area contributed by atoms with E-state index in [4.69, 9.17) is 15.2 Å². The van der Waals surface area contributed by atoms with Crippen LogP contribution >= 0.6 is 0 Å². The number of hydrogen-bond acceptors (Lipinski definition) is 4. The van der Waals surface area contributed by atoms with Crippen LogP contribution in [0.5, 0.6) is 0 Å². The lowest BCUT2D eigenvalue weighted by atomic mass is 9.82. The minimum absolute atomic E-state index is 0.0729. The van der Waals surface area contributed by atoms with Gasteiger partial charge in [0.25, 0.3) is 0 Å². The van der Waals surface area contributed by atoms with E-state index in [1.165, 1.54) is 26.0 Å². The highest BCUT2D eigenvalue weighted by Crippen LogP contribution is 2.43. The van der Waals surface area contributed by atoms with Crippen LogP contribution in [0.25, 0.3) is 0 Å². The Balaban J connectivity index is 2.63. The van der Waals surface area contributed by atoms with Crippen molar-refractivity contribution in [3.63, 3.8) is 0 Å². The molecule has 122 valence electrons. The second kappa shape index (κ2) is 5.42. The van der Waals surface area contributed by atoms with E-state index in [-0.39, 0.29) is 17.1 Å². The smallest absolute Gasteiger partial charge is 0.428 e. The first-order chi connectivity index (χ1) is 10.1. The summed E-state index contributed by atoms with van der Waals surface area (Å²) in [6.07, 6.45) is -8.48. The largest absolute Gasteiger partial charge is 0.466 e. The number of anilines is 1. The monoisotopic (exact) mass is 320 g/mol. The Morgan fingerprint density at radius 3 is 2.55 bits per heavy atom. The number of benzene rings is 1. The van der Waals surface area contributed by atoms with Gasteiger partial charge in [0.2, 0.25) is 6.10 Å². The molecule has 0 saturated heterocycles. The molecular formula is C14H16F4N2O2. The Kier molecular flexibility index (Phi) is 4.08. The van der Waals surface area contributed by atoms with Crippen molar-refractivity contribution >= 4 is 11.6 Å². The molecule has 0 saturated carbocycles. The molecule has 0 amide bonds. The van der Waals surface area contributed by atoms with E-state index in [1.807, 2.05) is 0 Å². The third-order valence-corrected chi connectivity index (χ3v) is 3.63. The lowest BCUT2D eigenvalue weighted by Gasteiger charge is -2.42. The van der Waals surface area contributed by atoms with Gasteiger partial charge in [-0.25, -0.2) is 9.38 Å². The van der Waals surface area contributed by atoms with Gasteiger partial charge >= 0.3 is 6.18 Å². The van der Waals surface area contributed by atoms with E-state index in [0.29, 0.717) is 0 Å². The van der Waals surface area contributed by atoms with E-state index in [0.717, 1.165) is 13.2 Å². The molecule has 1 heterocycles. The molecule has 8 heteroatoms. The molecular weight excluding hydrogens is 304 g/mol. The summed E-state index contributed by atoms with van der Waals surface area (Å²) in [4.78, 5) is 4.08. The van der Waals surface area contributed by atoms with Gasteiger partial charge in [-0.1, -0.05) is 0 Å². The van der Waals surface area contributed by atoms with Crippen LogP contribution < -0.4 is 5.73 Å². The lowest BCUT2D eigenvalue weighted by Crippen LogP contribution is -2.56. The van der Waals surface area contributed by atoms with Crippen LogP contribution in [0.2, 0.25) is 0 Å². The number of hydrogen-bond donors (Lipinski definition) is 1. The Hall–Kier alpha value is -1.83. The first-order valence-corrected chi connectivity index (χ1v) is 6.47. The molecule has 0 spiro atoms. The van der Waals surface area contributed by atoms with Gasteiger partial charge in [0.05, 0.1) is 0 Å². The van der Waals surface area contributed by atoms with Crippen LogP contribution in [-0.4, -0.2) is 31.4 Å². The van der Waals surface area contributed by atoms with Crippen LogP contribution in [0.3, 0.4) is 0 Å². The second-order valence-electron chi connectivity index (χ2n) is 5.25. The Morgan fingerprint density at radius 1 is 1.36 bits per heavy atom. The van der Waals surface area contributed by atoms with Gasteiger partial charge in [0.1, 0.15) is 17.5 Å². The molecule has 0 bridgehead atoms. The van der Waals surface area contributed by atoms with Crippen molar-refractivity contribution in [3.05, 3.63) is 29.6 Å². The number of nitrogen functional groups attached to an aromatic ring is 1. The maximum atomic E-state index is 14.2. The summed E-state index contributed by atoms with van der Waals surface area (Å²) in [7, 11) is 1.10. The normalized spacial score (nSPS) is 29.0. The van der Waals surface area contributed by atoms with Gasteiger partial charge in [0, 0.05) is 25.3 Å². The molecule has 1 aromatic carbocycles. The molecule has 0 aliphatic carbocycles. The molecule has 0 radical (unpaired) electrons. The van der Waals surface area contributed by atoms with E-state index >= 15 is 0 Å². The zero-order valence-electron chi connectivity index (χ0n) is 12.2. The highest BCUT2D eigenvalue weighted by atomic mass is 19.4. The molecule has 1 aliphatic rings. The first kappa shape index (κ1) is 16.5. The van der Waals surface area contributed by atoms with Crippen LogP contribution in [0.15, 0.2) is 23.2 Å². The number of nitrogens with zero attached hydrogens (tertiary/aromatic N) is 1. The van der Waals surface area contributed by atoms with Crippen molar-refractivity contribution in [2.75, 3.05) is 12.8 Å². The summed E-state index contributed by atoms with van der Waals surface area (Å²) in [6, 6.07) is 3.67. The number of alkyl halides is 3. The van der Waals surface area contributed by atoms with Crippen LogP contribution in [0.4, 0.5) is 23.2 Å². The minimum Gasteiger partial charge on any atom is -0.466 e. The summed E-state index contributed by atoms with van der Waals surface area (Å²) in [6.45, 7) is 2.65. The zero-order chi connectivity index (χ0) is 16.7. The van der Waals surface area contributed by atoms with E-state index in [1.54, 1.807) is 0 Å². The van der Waals surface area contributed by atoms with Crippen LogP contribution in [0.1, 0.15) is 19.4 Å². The molecule has 3 atom stereocenters. The van der Waals surface area contributed by atoms with Gasteiger partial charge in [-0.05, 0) is 25.1 Å². The highest BCUT2D eigenvalue weighted by Gasteiger charge is 2.57. The summed E-state index contributed by atoms with van der Waals surface area (Å²) < 4.78 is 63.6. The lowest BCUT2D eigenvalue weighted by molar-refractivity contribution is -0.243. The molecule has 1 aromatic rings. The molecule has 4 nitrogen and oxygen atoms in total. The molecule has 1 aliphatic heterocycles. The predicted octanol–water partition coefficient (Wildman–Crippen LogP) is 3.02. The van der Waals surface area contributed by atoms with Gasteiger partial charge in [-0.2, -0.15) is 13.2 Å². The summed E-state index contributed by atoms with van der Waals surface area (Å²) in [5.74, 6) is -0.905. The highest BCUT2D eigenvalue weighted by molar-refractivity contribution is 5.75. The maximum absolute atomic E-state index is 14.2. The van der Waals surface area contributed by atoms with Gasteiger partial charge in [0.15, 0.2) is 5.90 Å². The van der Waals surface area contributed by atoms with Crippen LogP contribution in [0, 0.1) is 5.82 Å². The number of rotatable bonds is 2. The molecule has 0 aromatic heterocycles. The predicted molar refractivity (Wildman–Crippen MR) is 73.0 cm³/mol. The Bertz CT molecular complexity index is 603. The standard InChI is InChI=1S/C14H16F4N2O2/c1-7-20-13(2,9-6-8(19)4-5-10(9)15)11(21-3)12(22-7)14(16,17)18/h4-6,11-12H,19H2,1-3H3/t11-,12-,13+/m0/s1. The van der Waals surface area contributed by atoms with Crippen LogP contribution in [-0.2, 0) is 15.0 Å². The fraction of sp³-hybridized carbons (Fsp3) is 0.500. The van der Waals surface area contributed by atoms with Crippen molar-refractivity contribution in [1.82, 2.24) is 0 Å². The quantitative estimate of drug-likeness (QED) is 0.673. The van der Waals surface area contributed by atoms with Crippen molar-refractivity contribution in [1.29, 1.82) is 0 Å². The molecule has 2 N–H and O–H groups in total. The second-order valence-corrected chi connectivity index (χ2v) is 5.25. The summed E-state index contributed by atoms with van der Waals surface area (Å²) >= 11 is 0. The third-order valence-electron chi connectivity index (χ3n) is 3.63. The van der Waals surface area contributed by atoms with E-state index < -0.39 is 29.7 Å². The summed E-state index contributed by atoms with van der Waals surface area (Å²) in [5, 5.41) is 0. The number of ether oxygens (including phenoxy) is 2. The van der Waals surface area contributed by atoms with E-state index in [2.05, 4.69) is 4.99 Å². The molecule has 2 rings (SSSR count). The number of methoxy groups -OCH3 is 1. The zero-order valence-corrected chi connectivity index (χ0v) is 12.2. The van der Waals surface area contributed by atoms with Gasteiger partial charge < -0.3 is 15.2 Å². The third kappa shape index (κ3) is 2.75.